The molecule has 0 aliphatic rings. The topological polar surface area (TPSA) is 322 Å². The number of nitrogens with zero attached hydrogens (tertiary/aromatic N) is 17. The molecule has 24 nitrogen and oxygen atoms in total. The van der Waals surface area contributed by atoms with Gasteiger partial charge in [-0.1, -0.05) is 42.5 Å². The predicted octanol–water partition coefficient (Wildman–Crippen LogP) is 7.73. The van der Waals surface area contributed by atoms with E-state index in [0.29, 0.717) is 0 Å². The SMILES string of the molecule is c1c[nH]cn1.c1cc[nH]c1.c1ccccc1.c1ccncc1.c1ccnnc1.c1ccoc1.c1cn[nH]c1.c1cnccn1.c1cncnc1.c1cocn1.c1nc[nH]n1.c1ncncn1.c1nnco1. The number of hydrogen-bond donors (Lipinski definition) is 4. The van der Waals surface area contributed by atoms with E-state index in [2.05, 4.69) is 119 Å². The van der Waals surface area contributed by atoms with Crippen LogP contribution in [0.1, 0.15) is 0 Å². The molecular weight excluding hydrogens is 907 g/mol. The minimum Gasteiger partial charge on any atom is -0.473 e. The molecule has 4 N–H and O–H groups in total. The van der Waals surface area contributed by atoms with Crippen LogP contribution in [-0.4, -0.2) is 106 Å². The van der Waals surface area contributed by atoms with Crippen molar-refractivity contribution in [2.45, 2.75) is 0 Å². The molecular formula is C47H51N21O3. The fraction of sp³-hybridized carbons (Fsp3) is 0. The van der Waals surface area contributed by atoms with Gasteiger partial charge in [-0.3, -0.25) is 25.1 Å². The maximum Gasteiger partial charge on any atom is 0.203 e. The normalized spacial score (nSPS) is 8.00. The van der Waals surface area contributed by atoms with Gasteiger partial charge >= 0.3 is 0 Å². The Morgan fingerprint density at radius 3 is 0.986 bits per heavy atom. The monoisotopic (exact) mass is 957 g/mol. The average molecular weight is 958 g/mol. The average Bonchev–Trinajstić information content (AvgIpc) is 4.35. The number of benzene rings is 1. The van der Waals surface area contributed by atoms with Crippen LogP contribution in [-0.2, 0) is 0 Å². The number of rotatable bonds is 0. The highest BCUT2D eigenvalue weighted by Crippen LogP contribution is 1.81. The highest BCUT2D eigenvalue weighted by molar-refractivity contribution is 4.99. The van der Waals surface area contributed by atoms with Crippen molar-refractivity contribution in [1.82, 2.24) is 106 Å². The van der Waals surface area contributed by atoms with Crippen LogP contribution >= 0.6 is 0 Å². The van der Waals surface area contributed by atoms with E-state index in [1.165, 1.54) is 63.4 Å². The van der Waals surface area contributed by atoms with Crippen LogP contribution < -0.4 is 0 Å². The number of aromatic nitrogens is 21. The van der Waals surface area contributed by atoms with Crippen molar-refractivity contribution in [3.8, 4) is 0 Å². The third-order valence-electron chi connectivity index (χ3n) is 5.77. The van der Waals surface area contributed by atoms with E-state index in [1.54, 1.807) is 118 Å². The fourth-order valence-electron chi connectivity index (χ4n) is 3.08. The number of hydrogen-bond acceptors (Lipinski definition) is 20. The molecule has 71 heavy (non-hydrogen) atoms. The Bertz CT molecular complexity index is 1780. The number of pyridine rings is 1. The molecule has 13 rings (SSSR count). The largest absolute Gasteiger partial charge is 0.473 e. The van der Waals surface area contributed by atoms with Crippen molar-refractivity contribution in [1.29, 1.82) is 0 Å². The molecule has 0 fully saturated rings. The maximum atomic E-state index is 4.58. The zero-order chi connectivity index (χ0) is 50.2. The lowest BCUT2D eigenvalue weighted by Crippen LogP contribution is -1.73. The molecule has 13 aromatic rings. The van der Waals surface area contributed by atoms with Gasteiger partial charge in [0.1, 0.15) is 44.2 Å². The van der Waals surface area contributed by atoms with E-state index in [4.69, 9.17) is 0 Å². The van der Waals surface area contributed by atoms with Gasteiger partial charge < -0.3 is 23.2 Å². The minimum absolute atomic E-state index is 1.26. The second-order valence-electron chi connectivity index (χ2n) is 10.8. The highest BCUT2D eigenvalue weighted by atomic mass is 16.3. The van der Waals surface area contributed by atoms with E-state index in [0.717, 1.165) is 0 Å². The van der Waals surface area contributed by atoms with Crippen molar-refractivity contribution in [2.24, 2.45) is 0 Å². The molecule has 0 atom stereocenters. The molecule has 12 heterocycles. The lowest BCUT2D eigenvalue weighted by molar-refractivity contribution is 0.553. The standard InChI is InChI=1S/C6H6.C5H5N.3C4H4N2.C4H5N.C4H4O.C3H3N3.2C3H4N2.C3H3NO.C2H3N3.C2H2N2O/c2*1-2-4-6-5-3-1;1-2-6-4-3-5-1;1-2-5-4-6-3-1;1-2-4-6-5-3-1;2*1-2-4-5-3-1;1-4-2-6-3-5-1;1-2-5-3-4-1;1-2-4-5-3-1;1-2-5-3-4-1;1-3-2-5-4-1;1-3-4-2-5-1/h1-6H;1-5H;3*1-4H;1-5H;1-4H;1-3H;2*1-3H,(H,4,5);1-3H;1-2H,(H,3,4,5);1-2H. The maximum absolute atomic E-state index is 4.58. The van der Waals surface area contributed by atoms with E-state index in [9.17, 15) is 0 Å². The Hall–Kier alpha value is -10.9. The van der Waals surface area contributed by atoms with Gasteiger partial charge in [0.25, 0.3) is 0 Å². The summed E-state index contributed by atoms with van der Waals surface area (Å²) >= 11 is 0. The Balaban J connectivity index is 0.000000385. The van der Waals surface area contributed by atoms with Gasteiger partial charge in [0.05, 0.1) is 25.1 Å². The van der Waals surface area contributed by atoms with E-state index < -0.39 is 0 Å². The molecule has 0 amide bonds. The summed E-state index contributed by atoms with van der Waals surface area (Å²) in [6, 6.07) is 32.5. The van der Waals surface area contributed by atoms with Crippen LogP contribution in [0.3, 0.4) is 0 Å². The van der Waals surface area contributed by atoms with Crippen molar-refractivity contribution >= 4 is 0 Å². The molecule has 0 unspecified atom stereocenters. The zero-order valence-electron chi connectivity index (χ0n) is 38.0. The summed E-state index contributed by atoms with van der Waals surface area (Å²) in [5, 5.41) is 25.9. The second kappa shape index (κ2) is 55.2. The smallest absolute Gasteiger partial charge is 0.203 e. The van der Waals surface area contributed by atoms with Crippen molar-refractivity contribution in [3.05, 3.63) is 291 Å². The molecule has 0 aliphatic heterocycles. The summed E-state index contributed by atoms with van der Waals surface area (Å²) < 4.78 is 13.4. The summed E-state index contributed by atoms with van der Waals surface area (Å²) in [6.07, 6.45) is 48.0. The van der Waals surface area contributed by atoms with Crippen molar-refractivity contribution in [2.75, 3.05) is 0 Å². The third kappa shape index (κ3) is 53.3. The van der Waals surface area contributed by atoms with Gasteiger partial charge in [-0.05, 0) is 60.7 Å². The summed E-state index contributed by atoms with van der Waals surface area (Å²) in [6.45, 7) is 0. The number of oxazole rings is 1. The summed E-state index contributed by atoms with van der Waals surface area (Å²) in [4.78, 5) is 45.7. The van der Waals surface area contributed by atoms with Gasteiger partial charge in [-0.2, -0.15) is 20.4 Å². The molecule has 12 aromatic heterocycles. The quantitative estimate of drug-likeness (QED) is 0.113. The Labute approximate surface area is 408 Å². The summed E-state index contributed by atoms with van der Waals surface area (Å²) in [5.74, 6) is 0. The Morgan fingerprint density at radius 2 is 0.803 bits per heavy atom. The Kier molecular flexibility index (Phi) is 45.2. The number of furan rings is 1. The number of imidazole rings is 1. The van der Waals surface area contributed by atoms with Gasteiger partial charge in [0, 0.05) is 99.1 Å². The molecule has 362 valence electrons. The number of aromatic amines is 4. The first-order valence-electron chi connectivity index (χ1n) is 20.2. The predicted molar refractivity (Wildman–Crippen MR) is 260 cm³/mol. The van der Waals surface area contributed by atoms with Crippen LogP contribution in [0.25, 0.3) is 0 Å². The fourth-order valence-corrected chi connectivity index (χ4v) is 3.08. The van der Waals surface area contributed by atoms with Crippen molar-refractivity contribution < 1.29 is 13.3 Å². The van der Waals surface area contributed by atoms with Gasteiger partial charge in [0.15, 0.2) is 6.39 Å². The van der Waals surface area contributed by atoms with Crippen LogP contribution in [0.5, 0.6) is 0 Å². The minimum atomic E-state index is 1.26. The van der Waals surface area contributed by atoms with Gasteiger partial charge in [-0.15, -0.1) is 10.2 Å². The summed E-state index contributed by atoms with van der Waals surface area (Å²) in [7, 11) is 0. The Morgan fingerprint density at radius 1 is 0.239 bits per heavy atom. The van der Waals surface area contributed by atoms with Crippen LogP contribution in [0.15, 0.2) is 304 Å². The van der Waals surface area contributed by atoms with Gasteiger partial charge in [0.2, 0.25) is 12.8 Å². The van der Waals surface area contributed by atoms with E-state index in [-0.39, 0.29) is 0 Å². The van der Waals surface area contributed by atoms with Crippen LogP contribution in [0.2, 0.25) is 0 Å². The molecule has 0 aliphatic carbocycles. The molecule has 24 heteroatoms. The number of nitrogens with one attached hydrogen (secondary N) is 4. The first-order valence-corrected chi connectivity index (χ1v) is 20.2. The highest BCUT2D eigenvalue weighted by Gasteiger charge is 1.65. The third-order valence-corrected chi connectivity index (χ3v) is 5.77. The van der Waals surface area contributed by atoms with Crippen molar-refractivity contribution in [3.63, 3.8) is 0 Å². The number of H-pyrrole nitrogens is 4. The lowest BCUT2D eigenvalue weighted by atomic mass is 10.4. The van der Waals surface area contributed by atoms with E-state index in [1.807, 2.05) is 109 Å². The molecule has 0 saturated carbocycles. The molecule has 0 saturated heterocycles. The molecule has 1 aromatic carbocycles. The first kappa shape index (κ1) is 58.1. The first-order chi connectivity index (χ1) is 35.5. The van der Waals surface area contributed by atoms with E-state index >= 15 is 0 Å². The second-order valence-corrected chi connectivity index (χ2v) is 10.8. The van der Waals surface area contributed by atoms with Gasteiger partial charge in [-0.25, -0.2) is 39.9 Å². The molecule has 0 radical (unpaired) electrons. The van der Waals surface area contributed by atoms with Crippen LogP contribution in [0, 0.1) is 0 Å². The van der Waals surface area contributed by atoms with Crippen LogP contribution in [0.4, 0.5) is 0 Å². The summed E-state index contributed by atoms with van der Waals surface area (Å²) in [5.41, 5.74) is 0. The molecule has 0 bridgehead atoms. The lowest BCUT2D eigenvalue weighted by Gasteiger charge is -1.70. The zero-order valence-corrected chi connectivity index (χ0v) is 38.0. The molecule has 0 spiro atoms.